The highest BCUT2D eigenvalue weighted by molar-refractivity contribution is 9.10. The maximum Gasteiger partial charge on any atom is 0.273 e. The van der Waals surface area contributed by atoms with Crippen molar-refractivity contribution in [3.63, 3.8) is 0 Å². The second-order valence-electron chi connectivity index (χ2n) is 5.54. The third-order valence-electron chi connectivity index (χ3n) is 4.08. The lowest BCUT2D eigenvalue weighted by Gasteiger charge is -2.34. The van der Waals surface area contributed by atoms with Crippen LogP contribution < -0.4 is 16.2 Å². The Balaban J connectivity index is 2.17. The number of anilines is 2. The second-order valence-corrected chi connectivity index (χ2v) is 6.46. The van der Waals surface area contributed by atoms with E-state index in [0.29, 0.717) is 0 Å². The largest absolute Gasteiger partial charge is 0.396 e. The van der Waals surface area contributed by atoms with Crippen molar-refractivity contribution in [3.05, 3.63) is 33.0 Å². The van der Waals surface area contributed by atoms with Crippen molar-refractivity contribution in [3.8, 4) is 0 Å². The number of aliphatic hydroxyl groups excluding tert-OH is 1. The number of benzene rings is 1. The number of pyridine rings is 1. The van der Waals surface area contributed by atoms with Crippen molar-refractivity contribution in [1.29, 1.82) is 0 Å². The zero-order valence-corrected chi connectivity index (χ0v) is 13.2. The molecule has 1 fully saturated rings. The summed E-state index contributed by atoms with van der Waals surface area (Å²) >= 11 is 3.47. The molecule has 112 valence electrons. The smallest absolute Gasteiger partial charge is 0.273 e. The van der Waals surface area contributed by atoms with Crippen LogP contribution in [0.1, 0.15) is 12.8 Å². The first-order valence-electron chi connectivity index (χ1n) is 7.07. The number of piperidine rings is 1. The fourth-order valence-corrected chi connectivity index (χ4v) is 3.38. The third-order valence-corrected chi connectivity index (χ3v) is 4.57. The number of hydrogen-bond donors (Lipinski definition) is 3. The number of H-pyrrole nitrogens is 1. The molecule has 1 aliphatic rings. The number of fused-ring (bicyclic) bond motifs is 1. The molecule has 1 aliphatic heterocycles. The molecule has 5 nitrogen and oxygen atoms in total. The van der Waals surface area contributed by atoms with Crippen LogP contribution in [-0.4, -0.2) is 29.8 Å². The van der Waals surface area contributed by atoms with Gasteiger partial charge in [-0.05, 0) is 37.0 Å². The van der Waals surface area contributed by atoms with Crippen LogP contribution in [0.4, 0.5) is 11.4 Å². The predicted molar refractivity (Wildman–Crippen MR) is 88.7 cm³/mol. The summed E-state index contributed by atoms with van der Waals surface area (Å²) in [7, 11) is 0. The summed E-state index contributed by atoms with van der Waals surface area (Å²) in [5.41, 5.74) is 7.61. The quantitative estimate of drug-likeness (QED) is 0.773. The first-order chi connectivity index (χ1) is 10.1. The van der Waals surface area contributed by atoms with Gasteiger partial charge in [-0.25, -0.2) is 0 Å². The van der Waals surface area contributed by atoms with Gasteiger partial charge in [0.2, 0.25) is 0 Å². The molecule has 1 aromatic carbocycles. The Hall–Kier alpha value is -1.53. The van der Waals surface area contributed by atoms with E-state index in [0.717, 1.165) is 47.0 Å². The Labute approximate surface area is 130 Å². The van der Waals surface area contributed by atoms with Crippen molar-refractivity contribution in [2.24, 2.45) is 5.92 Å². The first kappa shape index (κ1) is 14.4. The summed E-state index contributed by atoms with van der Waals surface area (Å²) < 4.78 is 0.943. The second kappa shape index (κ2) is 5.69. The van der Waals surface area contributed by atoms with Crippen LogP contribution in [0.25, 0.3) is 10.9 Å². The molecule has 0 bridgehead atoms. The summed E-state index contributed by atoms with van der Waals surface area (Å²) in [5, 5.41) is 10.3. The van der Waals surface area contributed by atoms with Gasteiger partial charge in [-0.3, -0.25) is 4.79 Å². The molecule has 0 aliphatic carbocycles. The van der Waals surface area contributed by atoms with Crippen LogP contribution in [0.2, 0.25) is 0 Å². The molecule has 1 atom stereocenters. The zero-order valence-electron chi connectivity index (χ0n) is 11.6. The number of halogens is 1. The van der Waals surface area contributed by atoms with E-state index in [2.05, 4.69) is 25.8 Å². The molecular weight excluding hydrogens is 334 g/mol. The highest BCUT2D eigenvalue weighted by Crippen LogP contribution is 2.33. The van der Waals surface area contributed by atoms with E-state index in [9.17, 15) is 9.90 Å². The standard InChI is InChI=1S/C15H18BrN3O2/c16-10-3-4-12-11(6-10)14(13(17)15(21)18-12)19-5-1-2-9(7-19)8-20/h3-4,6,9,20H,1-2,5,7-8,17H2,(H,18,21). The Kier molecular flexibility index (Phi) is 3.91. The average molecular weight is 352 g/mol. The normalized spacial score (nSPS) is 19.1. The molecule has 0 radical (unpaired) electrons. The van der Waals surface area contributed by atoms with E-state index < -0.39 is 0 Å². The molecule has 21 heavy (non-hydrogen) atoms. The SMILES string of the molecule is Nc1c(N2CCCC(CO)C2)c2cc(Br)ccc2[nH]c1=O. The monoisotopic (exact) mass is 351 g/mol. The van der Waals surface area contributed by atoms with E-state index in [1.54, 1.807) is 0 Å². The first-order valence-corrected chi connectivity index (χ1v) is 7.86. The molecule has 4 N–H and O–H groups in total. The van der Waals surface area contributed by atoms with Crippen LogP contribution in [0.3, 0.4) is 0 Å². The predicted octanol–water partition coefficient (Wildman–Crippen LogP) is 2.08. The van der Waals surface area contributed by atoms with Gasteiger partial charge in [-0.15, -0.1) is 0 Å². The van der Waals surface area contributed by atoms with Crippen LogP contribution in [0.5, 0.6) is 0 Å². The van der Waals surface area contributed by atoms with Crippen molar-refractivity contribution >= 4 is 38.2 Å². The van der Waals surface area contributed by atoms with Crippen molar-refractivity contribution < 1.29 is 5.11 Å². The lowest BCUT2D eigenvalue weighted by atomic mass is 9.97. The molecule has 2 heterocycles. The summed E-state index contributed by atoms with van der Waals surface area (Å²) in [6.07, 6.45) is 2.00. The van der Waals surface area contributed by atoms with E-state index in [-0.39, 0.29) is 23.8 Å². The van der Waals surface area contributed by atoms with E-state index in [1.165, 1.54) is 0 Å². The number of hydrogen-bond acceptors (Lipinski definition) is 4. The summed E-state index contributed by atoms with van der Waals surface area (Å²) in [5.74, 6) is 0.236. The molecule has 1 saturated heterocycles. The number of aromatic nitrogens is 1. The third kappa shape index (κ3) is 2.65. The number of rotatable bonds is 2. The Morgan fingerprint density at radius 3 is 3.05 bits per heavy atom. The topological polar surface area (TPSA) is 82.3 Å². The van der Waals surface area contributed by atoms with Gasteiger partial charge in [0.05, 0.1) is 11.2 Å². The van der Waals surface area contributed by atoms with E-state index in [4.69, 9.17) is 5.73 Å². The maximum atomic E-state index is 12.1. The molecule has 0 saturated carbocycles. The Bertz CT molecular complexity index is 729. The van der Waals surface area contributed by atoms with E-state index in [1.807, 2.05) is 18.2 Å². The molecule has 6 heteroatoms. The number of aliphatic hydroxyl groups is 1. The lowest BCUT2D eigenvalue weighted by molar-refractivity contribution is 0.209. The number of nitrogens with one attached hydrogen (secondary N) is 1. The van der Waals surface area contributed by atoms with Gasteiger partial charge in [0.15, 0.2) is 0 Å². The summed E-state index contributed by atoms with van der Waals surface area (Å²) in [6.45, 7) is 1.75. The van der Waals surface area contributed by atoms with Crippen molar-refractivity contribution in [2.45, 2.75) is 12.8 Å². The lowest BCUT2D eigenvalue weighted by Crippen LogP contribution is -2.38. The van der Waals surface area contributed by atoms with Crippen molar-refractivity contribution in [1.82, 2.24) is 4.98 Å². The summed E-state index contributed by atoms with van der Waals surface area (Å²) in [4.78, 5) is 17.0. The van der Waals surface area contributed by atoms with Gasteiger partial charge in [-0.1, -0.05) is 15.9 Å². The van der Waals surface area contributed by atoms with Gasteiger partial charge in [0.1, 0.15) is 5.69 Å². The number of aromatic amines is 1. The van der Waals surface area contributed by atoms with Crippen LogP contribution >= 0.6 is 15.9 Å². The van der Waals surface area contributed by atoms with Gasteiger partial charge >= 0.3 is 0 Å². The number of nitrogens with two attached hydrogens (primary N) is 1. The minimum Gasteiger partial charge on any atom is -0.396 e. The molecular formula is C15H18BrN3O2. The Morgan fingerprint density at radius 1 is 1.48 bits per heavy atom. The molecule has 2 aromatic rings. The minimum atomic E-state index is -0.258. The van der Waals surface area contributed by atoms with Gasteiger partial charge in [-0.2, -0.15) is 0 Å². The molecule has 3 rings (SSSR count). The zero-order chi connectivity index (χ0) is 15.0. The molecule has 1 aromatic heterocycles. The van der Waals surface area contributed by atoms with Crippen molar-refractivity contribution in [2.75, 3.05) is 30.3 Å². The van der Waals surface area contributed by atoms with Gasteiger partial charge in [0, 0.05) is 29.6 Å². The molecule has 0 spiro atoms. The number of nitrogens with zero attached hydrogens (tertiary/aromatic N) is 1. The fourth-order valence-electron chi connectivity index (χ4n) is 3.02. The highest BCUT2D eigenvalue weighted by Gasteiger charge is 2.23. The van der Waals surface area contributed by atoms with Crippen LogP contribution in [0, 0.1) is 5.92 Å². The van der Waals surface area contributed by atoms with Gasteiger partial charge in [0.25, 0.3) is 5.56 Å². The van der Waals surface area contributed by atoms with Crippen LogP contribution in [0.15, 0.2) is 27.5 Å². The highest BCUT2D eigenvalue weighted by atomic mass is 79.9. The Morgan fingerprint density at radius 2 is 2.29 bits per heavy atom. The van der Waals surface area contributed by atoms with Crippen LogP contribution in [-0.2, 0) is 0 Å². The number of nitrogen functional groups attached to an aromatic ring is 1. The average Bonchev–Trinajstić information content (AvgIpc) is 2.49. The molecule has 0 amide bonds. The van der Waals surface area contributed by atoms with E-state index >= 15 is 0 Å². The molecule has 1 unspecified atom stereocenters. The minimum absolute atomic E-state index is 0.168. The summed E-state index contributed by atoms with van der Waals surface area (Å²) in [6, 6.07) is 5.74. The maximum absolute atomic E-state index is 12.1. The van der Waals surface area contributed by atoms with Gasteiger partial charge < -0.3 is 20.7 Å². The fraction of sp³-hybridized carbons (Fsp3) is 0.400.